The quantitative estimate of drug-likeness (QED) is 0.709. The molecular formula is C21H21Cl3N2O. The number of hydrogen-bond donors (Lipinski definition) is 1. The van der Waals surface area contributed by atoms with Gasteiger partial charge >= 0.3 is 0 Å². The van der Waals surface area contributed by atoms with Crippen molar-refractivity contribution in [3.8, 4) is 0 Å². The minimum absolute atomic E-state index is 0.249. The van der Waals surface area contributed by atoms with E-state index in [9.17, 15) is 5.11 Å². The minimum atomic E-state index is -0.608. The lowest BCUT2D eigenvalue weighted by atomic mass is 9.94. The number of rotatable bonds is 3. The van der Waals surface area contributed by atoms with Crippen LogP contribution < -0.4 is 0 Å². The first-order valence-corrected chi connectivity index (χ1v) is 10.2. The lowest BCUT2D eigenvalue weighted by Crippen LogP contribution is -2.41. The van der Waals surface area contributed by atoms with E-state index in [2.05, 4.69) is 17.9 Å². The van der Waals surface area contributed by atoms with Crippen molar-refractivity contribution in [3.63, 3.8) is 0 Å². The van der Waals surface area contributed by atoms with E-state index in [4.69, 9.17) is 39.8 Å². The first kappa shape index (κ1) is 19.2. The molecule has 1 aromatic carbocycles. The number of aliphatic hydroxyl groups is 1. The molecule has 2 unspecified atom stereocenters. The Morgan fingerprint density at radius 2 is 1.96 bits per heavy atom. The van der Waals surface area contributed by atoms with E-state index in [0.29, 0.717) is 16.6 Å². The predicted molar refractivity (Wildman–Crippen MR) is 112 cm³/mol. The average molecular weight is 424 g/mol. The molecule has 0 spiro atoms. The molecule has 2 heterocycles. The van der Waals surface area contributed by atoms with Gasteiger partial charge in [-0.25, -0.2) is 0 Å². The summed E-state index contributed by atoms with van der Waals surface area (Å²) >= 11 is 18.4. The number of hydrogen-bond acceptors (Lipinski definition) is 3. The minimum Gasteiger partial charge on any atom is -0.387 e. The number of pyridine rings is 1. The average Bonchev–Trinajstić information content (AvgIpc) is 2.98. The Hall–Kier alpha value is -1.10. The molecule has 3 nitrogen and oxygen atoms in total. The first-order valence-electron chi connectivity index (χ1n) is 9.10. The van der Waals surface area contributed by atoms with Crippen LogP contribution in [0, 0.1) is 6.92 Å². The molecule has 6 heteroatoms. The molecular weight excluding hydrogens is 403 g/mol. The second-order valence-corrected chi connectivity index (χ2v) is 8.58. The zero-order valence-electron chi connectivity index (χ0n) is 15.3. The van der Waals surface area contributed by atoms with Gasteiger partial charge in [-0.15, -0.1) is 0 Å². The molecule has 0 fully saturated rings. The van der Waals surface area contributed by atoms with Crippen LogP contribution in [0.5, 0.6) is 0 Å². The van der Waals surface area contributed by atoms with Crippen LogP contribution in [0.4, 0.5) is 0 Å². The normalized spacial score (nSPS) is 20.6. The Labute approximate surface area is 174 Å². The second-order valence-electron chi connectivity index (χ2n) is 7.35. The molecule has 0 amide bonds. The van der Waals surface area contributed by atoms with Crippen molar-refractivity contribution < 1.29 is 5.11 Å². The largest absolute Gasteiger partial charge is 0.387 e. The summed E-state index contributed by atoms with van der Waals surface area (Å²) < 4.78 is 0. The molecule has 0 radical (unpaired) electrons. The number of aryl methyl sites for hydroxylation is 1. The van der Waals surface area contributed by atoms with E-state index < -0.39 is 6.10 Å². The molecule has 27 heavy (non-hydrogen) atoms. The molecule has 142 valence electrons. The zero-order valence-corrected chi connectivity index (χ0v) is 17.5. The highest BCUT2D eigenvalue weighted by molar-refractivity contribution is 6.42. The lowest BCUT2D eigenvalue weighted by molar-refractivity contribution is 0.0977. The van der Waals surface area contributed by atoms with Crippen molar-refractivity contribution in [1.29, 1.82) is 0 Å². The summed E-state index contributed by atoms with van der Waals surface area (Å²) in [5.74, 6) is 0. The third-order valence-corrected chi connectivity index (χ3v) is 6.84. The second kappa shape index (κ2) is 7.38. The number of fused-ring (bicyclic) bond motifs is 2. The fourth-order valence-corrected chi connectivity index (χ4v) is 4.60. The van der Waals surface area contributed by atoms with E-state index in [1.54, 1.807) is 12.1 Å². The van der Waals surface area contributed by atoms with E-state index in [-0.39, 0.29) is 6.04 Å². The lowest BCUT2D eigenvalue weighted by Gasteiger charge is -2.36. The summed E-state index contributed by atoms with van der Waals surface area (Å²) in [6.45, 7) is 5.60. The van der Waals surface area contributed by atoms with E-state index in [1.165, 1.54) is 16.7 Å². The van der Waals surface area contributed by atoms with Gasteiger partial charge in [-0.1, -0.05) is 40.9 Å². The van der Waals surface area contributed by atoms with Crippen LogP contribution in [0.15, 0.2) is 29.8 Å². The Balaban J connectivity index is 1.53. The molecule has 2 aromatic rings. The number of halogens is 3. The van der Waals surface area contributed by atoms with Gasteiger partial charge in [-0.2, -0.15) is 0 Å². The standard InChI is InChI=1S/C21H21Cl3N2O/c1-11-18(23)9-14-7-16-12(2)26(6-5-15(16)21(14)25-11)10-20(27)13-3-4-17(22)19(24)8-13/h3-4,8-9,12,20,27H,5-7,10H2,1-2H3. The van der Waals surface area contributed by atoms with Crippen LogP contribution in [-0.2, 0) is 6.42 Å². The number of β-amino-alcohol motifs (C(OH)–C–C–N with tert-alkyl or cyclic N) is 1. The smallest absolute Gasteiger partial charge is 0.0917 e. The SMILES string of the molecule is Cc1nc2c(cc1Cl)CC1=C2CCN(CC(O)c2ccc(Cl)c(Cl)c2)C1C. The maximum atomic E-state index is 10.7. The van der Waals surface area contributed by atoms with Crippen LogP contribution in [-0.4, -0.2) is 34.1 Å². The molecule has 2 atom stereocenters. The Morgan fingerprint density at radius 1 is 1.19 bits per heavy atom. The Bertz CT molecular complexity index is 941. The molecule has 4 rings (SSSR count). The van der Waals surface area contributed by atoms with Crippen LogP contribution in [0.25, 0.3) is 5.57 Å². The van der Waals surface area contributed by atoms with Crippen LogP contribution in [0.1, 0.15) is 42.0 Å². The summed E-state index contributed by atoms with van der Waals surface area (Å²) in [4.78, 5) is 7.06. The predicted octanol–water partition coefficient (Wildman–Crippen LogP) is 5.49. The number of aromatic nitrogens is 1. The Morgan fingerprint density at radius 3 is 2.70 bits per heavy atom. The van der Waals surface area contributed by atoms with Gasteiger partial charge in [0.05, 0.1) is 32.6 Å². The highest BCUT2D eigenvalue weighted by Gasteiger charge is 2.34. The van der Waals surface area contributed by atoms with Crippen LogP contribution >= 0.6 is 34.8 Å². The molecule has 1 aliphatic heterocycles. The van der Waals surface area contributed by atoms with E-state index in [0.717, 1.165) is 41.4 Å². The first-order chi connectivity index (χ1) is 12.8. The number of benzene rings is 1. The van der Waals surface area contributed by atoms with Crippen molar-refractivity contribution in [2.45, 2.75) is 38.8 Å². The van der Waals surface area contributed by atoms with Gasteiger partial charge in [0.2, 0.25) is 0 Å². The maximum Gasteiger partial charge on any atom is 0.0917 e. The summed E-state index contributed by atoms with van der Waals surface area (Å²) in [5.41, 5.74) is 6.76. The molecule has 1 aromatic heterocycles. The van der Waals surface area contributed by atoms with Gasteiger partial charge in [0, 0.05) is 19.1 Å². The summed E-state index contributed by atoms with van der Waals surface area (Å²) in [6.07, 6.45) is 1.22. The van der Waals surface area contributed by atoms with Crippen LogP contribution in [0.3, 0.4) is 0 Å². The molecule has 0 saturated heterocycles. The van der Waals surface area contributed by atoms with Gasteiger partial charge in [0.15, 0.2) is 0 Å². The summed E-state index contributed by atoms with van der Waals surface area (Å²) in [6, 6.07) is 7.61. The van der Waals surface area contributed by atoms with Gasteiger partial charge in [-0.3, -0.25) is 9.88 Å². The highest BCUT2D eigenvalue weighted by Crippen LogP contribution is 2.41. The molecule has 1 aliphatic carbocycles. The fourth-order valence-electron chi connectivity index (χ4n) is 4.12. The van der Waals surface area contributed by atoms with Crippen LogP contribution in [0.2, 0.25) is 15.1 Å². The summed E-state index contributed by atoms with van der Waals surface area (Å²) in [5, 5.41) is 12.4. The van der Waals surface area contributed by atoms with E-state index >= 15 is 0 Å². The highest BCUT2D eigenvalue weighted by atomic mass is 35.5. The number of aliphatic hydroxyl groups excluding tert-OH is 1. The fraction of sp³-hybridized carbons (Fsp3) is 0.381. The molecule has 2 aliphatic rings. The molecule has 1 N–H and O–H groups in total. The molecule has 0 saturated carbocycles. The third kappa shape index (κ3) is 3.52. The van der Waals surface area contributed by atoms with Crippen molar-refractivity contribution in [2.24, 2.45) is 0 Å². The van der Waals surface area contributed by atoms with Crippen molar-refractivity contribution in [2.75, 3.05) is 13.1 Å². The van der Waals surface area contributed by atoms with Gasteiger partial charge in [0.1, 0.15) is 0 Å². The van der Waals surface area contributed by atoms with Crippen molar-refractivity contribution in [1.82, 2.24) is 9.88 Å². The van der Waals surface area contributed by atoms with Crippen molar-refractivity contribution in [3.05, 3.63) is 67.4 Å². The van der Waals surface area contributed by atoms with Crippen molar-refractivity contribution >= 4 is 40.4 Å². The number of nitrogens with zero attached hydrogens (tertiary/aromatic N) is 2. The van der Waals surface area contributed by atoms with Gasteiger partial charge in [-0.05, 0) is 67.2 Å². The topological polar surface area (TPSA) is 36.4 Å². The Kier molecular flexibility index (Phi) is 5.26. The maximum absolute atomic E-state index is 10.7. The zero-order chi connectivity index (χ0) is 19.3. The van der Waals surface area contributed by atoms with E-state index in [1.807, 2.05) is 13.0 Å². The third-order valence-electron chi connectivity index (χ3n) is 5.72. The van der Waals surface area contributed by atoms with Gasteiger partial charge < -0.3 is 5.11 Å². The van der Waals surface area contributed by atoms with Gasteiger partial charge in [0.25, 0.3) is 0 Å². The monoisotopic (exact) mass is 422 g/mol. The molecule has 0 bridgehead atoms. The summed E-state index contributed by atoms with van der Waals surface area (Å²) in [7, 11) is 0.